The summed E-state index contributed by atoms with van der Waals surface area (Å²) in [4.78, 5) is 17.0. The van der Waals surface area contributed by atoms with Gasteiger partial charge in [0.05, 0.1) is 5.56 Å². The fourth-order valence-corrected chi connectivity index (χ4v) is 1.31. The molecule has 0 bridgehead atoms. The average molecular weight is 274 g/mol. The van der Waals surface area contributed by atoms with Crippen molar-refractivity contribution in [2.45, 2.75) is 6.18 Å². The van der Waals surface area contributed by atoms with E-state index in [9.17, 15) is 22.4 Å². The molecule has 0 unspecified atom stereocenters. The fraction of sp³-hybridized carbons (Fsp3) is 0.0909. The minimum atomic E-state index is -4.85. The second-order valence-electron chi connectivity index (χ2n) is 3.46. The van der Waals surface area contributed by atoms with Gasteiger partial charge >= 0.3 is 11.7 Å². The van der Waals surface area contributed by atoms with Gasteiger partial charge in [0.2, 0.25) is 0 Å². The highest BCUT2D eigenvalue weighted by molar-refractivity contribution is 5.33. The largest absolute Gasteiger partial charge is 0.435 e. The topological polar surface area (TPSA) is 55.0 Å². The Labute approximate surface area is 103 Å². The molecule has 2 rings (SSSR count). The summed E-state index contributed by atoms with van der Waals surface area (Å²) in [5.74, 6) is -2.19. The van der Waals surface area contributed by atoms with Gasteiger partial charge in [-0.1, -0.05) is 0 Å². The summed E-state index contributed by atoms with van der Waals surface area (Å²) in [6, 6.07) is 2.04. The van der Waals surface area contributed by atoms with Crippen LogP contribution in [0.25, 0.3) is 0 Å². The lowest BCUT2D eigenvalue weighted by molar-refractivity contribution is -0.140. The number of benzene rings is 1. The Morgan fingerprint density at radius 2 is 2.00 bits per heavy atom. The number of halogens is 4. The first-order valence-electron chi connectivity index (χ1n) is 4.96. The summed E-state index contributed by atoms with van der Waals surface area (Å²) in [5, 5.41) is 0. The standard InChI is InChI=1S/C11H6F4N2O2/c12-8-2-1-6(5-7(8)11(13,14)15)19-10-9(18)16-3-4-17-10/h1-5H,(H,16,18). The number of nitrogens with one attached hydrogen (secondary N) is 1. The number of ether oxygens (including phenoxy) is 1. The van der Waals surface area contributed by atoms with Crippen LogP contribution < -0.4 is 10.3 Å². The highest BCUT2D eigenvalue weighted by atomic mass is 19.4. The molecule has 0 aliphatic rings. The first-order valence-corrected chi connectivity index (χ1v) is 4.96. The second kappa shape index (κ2) is 4.71. The molecule has 1 heterocycles. The number of hydrogen-bond donors (Lipinski definition) is 1. The van der Waals surface area contributed by atoms with E-state index >= 15 is 0 Å². The van der Waals surface area contributed by atoms with E-state index in [-0.39, 0.29) is 5.75 Å². The summed E-state index contributed by atoms with van der Waals surface area (Å²) in [6.45, 7) is 0. The molecule has 4 nitrogen and oxygen atoms in total. The van der Waals surface area contributed by atoms with Gasteiger partial charge in [-0.15, -0.1) is 0 Å². The second-order valence-corrected chi connectivity index (χ2v) is 3.46. The smallest absolute Gasteiger partial charge is 0.419 e. The van der Waals surface area contributed by atoms with Gasteiger partial charge in [-0.3, -0.25) is 4.79 Å². The minimum Gasteiger partial charge on any atom is -0.435 e. The summed E-state index contributed by atoms with van der Waals surface area (Å²) < 4.78 is 55.3. The number of nitrogens with zero attached hydrogens (tertiary/aromatic N) is 1. The van der Waals surface area contributed by atoms with E-state index in [1.54, 1.807) is 0 Å². The molecule has 8 heteroatoms. The molecule has 1 N–H and O–H groups in total. The van der Waals surface area contributed by atoms with Crippen molar-refractivity contribution in [3.63, 3.8) is 0 Å². The quantitative estimate of drug-likeness (QED) is 0.857. The van der Waals surface area contributed by atoms with Gasteiger partial charge < -0.3 is 9.72 Å². The Kier molecular flexibility index (Phi) is 3.24. The van der Waals surface area contributed by atoms with Crippen LogP contribution in [0.4, 0.5) is 17.6 Å². The molecule has 0 spiro atoms. The number of rotatable bonds is 2. The Balaban J connectivity index is 2.38. The van der Waals surface area contributed by atoms with E-state index in [4.69, 9.17) is 4.74 Å². The molecule has 0 fully saturated rings. The SMILES string of the molecule is O=c1[nH]ccnc1Oc1ccc(F)c(C(F)(F)F)c1. The van der Waals surface area contributed by atoms with Crippen molar-refractivity contribution in [3.05, 3.63) is 52.3 Å². The molecule has 1 aromatic heterocycles. The third kappa shape index (κ3) is 2.90. The van der Waals surface area contributed by atoms with Gasteiger partial charge in [0.15, 0.2) is 0 Å². The maximum absolute atomic E-state index is 13.0. The van der Waals surface area contributed by atoms with Gasteiger partial charge in [0, 0.05) is 12.4 Å². The molecule has 0 aliphatic carbocycles. The Hall–Kier alpha value is -2.38. The maximum Gasteiger partial charge on any atom is 0.419 e. The predicted octanol–water partition coefficient (Wildman–Crippen LogP) is 2.72. The van der Waals surface area contributed by atoms with E-state index in [1.165, 1.54) is 12.4 Å². The van der Waals surface area contributed by atoms with Crippen LogP contribution in [0.5, 0.6) is 11.6 Å². The molecule has 100 valence electrons. The van der Waals surface area contributed by atoms with Gasteiger partial charge in [0.1, 0.15) is 11.6 Å². The summed E-state index contributed by atoms with van der Waals surface area (Å²) in [7, 11) is 0. The van der Waals surface area contributed by atoms with Gasteiger partial charge in [0.25, 0.3) is 5.88 Å². The Bertz CT molecular complexity index is 652. The van der Waals surface area contributed by atoms with E-state index in [2.05, 4.69) is 9.97 Å². The number of H-pyrrole nitrogens is 1. The normalized spacial score (nSPS) is 11.4. The summed E-state index contributed by atoms with van der Waals surface area (Å²) in [5.41, 5.74) is -2.18. The minimum absolute atomic E-state index is 0.335. The van der Waals surface area contributed by atoms with Gasteiger partial charge in [-0.05, 0) is 18.2 Å². The van der Waals surface area contributed by atoms with Crippen molar-refractivity contribution >= 4 is 0 Å². The highest BCUT2D eigenvalue weighted by Gasteiger charge is 2.34. The zero-order chi connectivity index (χ0) is 14.0. The molecule has 0 atom stereocenters. The Morgan fingerprint density at radius 1 is 1.26 bits per heavy atom. The van der Waals surface area contributed by atoms with Crippen molar-refractivity contribution in [2.75, 3.05) is 0 Å². The molecule has 0 aliphatic heterocycles. The van der Waals surface area contributed by atoms with Crippen LogP contribution >= 0.6 is 0 Å². The monoisotopic (exact) mass is 274 g/mol. The third-order valence-electron chi connectivity index (χ3n) is 2.13. The predicted molar refractivity (Wildman–Crippen MR) is 56.3 cm³/mol. The fourth-order valence-electron chi connectivity index (χ4n) is 1.31. The molecular weight excluding hydrogens is 268 g/mol. The molecule has 0 saturated heterocycles. The molecule has 0 amide bonds. The molecule has 0 radical (unpaired) electrons. The van der Waals surface area contributed by atoms with Crippen LogP contribution in [0.2, 0.25) is 0 Å². The van der Waals surface area contributed by atoms with E-state index in [1.807, 2.05) is 0 Å². The van der Waals surface area contributed by atoms with Crippen molar-refractivity contribution in [2.24, 2.45) is 0 Å². The molecule has 19 heavy (non-hydrogen) atoms. The number of hydrogen-bond acceptors (Lipinski definition) is 3. The summed E-state index contributed by atoms with van der Waals surface area (Å²) in [6.07, 6.45) is -2.41. The maximum atomic E-state index is 13.0. The van der Waals surface area contributed by atoms with Crippen molar-refractivity contribution < 1.29 is 22.3 Å². The van der Waals surface area contributed by atoms with E-state index in [0.29, 0.717) is 12.1 Å². The summed E-state index contributed by atoms with van der Waals surface area (Å²) >= 11 is 0. The van der Waals surface area contributed by atoms with Crippen LogP contribution in [0.15, 0.2) is 35.4 Å². The van der Waals surface area contributed by atoms with Crippen LogP contribution in [-0.2, 0) is 6.18 Å². The molecule has 0 saturated carbocycles. The number of aromatic amines is 1. The van der Waals surface area contributed by atoms with Gasteiger partial charge in [-0.2, -0.15) is 13.2 Å². The molecule has 1 aromatic carbocycles. The Morgan fingerprint density at radius 3 is 2.63 bits per heavy atom. The van der Waals surface area contributed by atoms with E-state index in [0.717, 1.165) is 6.07 Å². The van der Waals surface area contributed by atoms with Crippen molar-refractivity contribution in [3.8, 4) is 11.6 Å². The van der Waals surface area contributed by atoms with E-state index < -0.39 is 29.0 Å². The van der Waals surface area contributed by atoms with Crippen molar-refractivity contribution in [1.29, 1.82) is 0 Å². The zero-order valence-corrected chi connectivity index (χ0v) is 9.16. The number of aromatic nitrogens is 2. The lowest BCUT2D eigenvalue weighted by atomic mass is 10.2. The first-order chi connectivity index (χ1) is 8.88. The lowest BCUT2D eigenvalue weighted by Crippen LogP contribution is -2.11. The van der Waals surface area contributed by atoms with Crippen molar-refractivity contribution in [1.82, 2.24) is 9.97 Å². The lowest BCUT2D eigenvalue weighted by Gasteiger charge is -2.10. The van der Waals surface area contributed by atoms with Crippen LogP contribution in [0.3, 0.4) is 0 Å². The first kappa shape index (κ1) is 13.1. The highest BCUT2D eigenvalue weighted by Crippen LogP contribution is 2.34. The van der Waals surface area contributed by atoms with Crippen LogP contribution in [0, 0.1) is 5.82 Å². The van der Waals surface area contributed by atoms with Gasteiger partial charge in [-0.25, -0.2) is 9.37 Å². The molecule has 2 aromatic rings. The van der Waals surface area contributed by atoms with Crippen LogP contribution in [0.1, 0.15) is 5.56 Å². The molecular formula is C11H6F4N2O2. The van der Waals surface area contributed by atoms with Crippen LogP contribution in [-0.4, -0.2) is 9.97 Å². The number of alkyl halides is 3. The third-order valence-corrected chi connectivity index (χ3v) is 2.13. The average Bonchev–Trinajstić information content (AvgIpc) is 2.33. The zero-order valence-electron chi connectivity index (χ0n) is 9.16.